The Morgan fingerprint density at radius 2 is 1.15 bits per heavy atom. The minimum Gasteiger partial charge on any atom is -0.370 e. The third-order valence-electron chi connectivity index (χ3n) is 3.34. The molecule has 0 atom stereocenters. The number of hydrogen-bond acceptors (Lipinski definition) is 1. The van der Waals surface area contributed by atoms with Gasteiger partial charge in [-0.3, -0.25) is 4.79 Å². The fraction of sp³-hybridized carbons (Fsp3) is 0.722. The zero-order valence-corrected chi connectivity index (χ0v) is 13.3. The molecule has 0 spiro atoms. The molecule has 0 bridgehead atoms. The number of carbonyl (C=O) groups is 1. The van der Waals surface area contributed by atoms with Crippen molar-refractivity contribution in [3.8, 4) is 0 Å². The predicted molar refractivity (Wildman–Crippen MR) is 88.6 cm³/mol. The Kier molecular flexibility index (Phi) is 15.2. The molecule has 116 valence electrons. The van der Waals surface area contributed by atoms with Gasteiger partial charge in [0.15, 0.2) is 0 Å². The number of rotatable bonds is 14. The lowest BCUT2D eigenvalue weighted by molar-refractivity contribution is -0.118. The standard InChI is InChI=1S/C18H33NO/c1-2-3-4-5-6-7-8-9-10-11-12-13-14-15-16-17-18(19)20/h6-7,12-13H,2-5,8-11,14-17H2,1H3,(H2,19,20). The maximum Gasteiger partial charge on any atom is 0.217 e. The molecule has 0 fully saturated rings. The molecule has 0 rings (SSSR count). The Hall–Kier alpha value is -1.05. The molecular formula is C18H33NO. The predicted octanol–water partition coefficient (Wildman–Crippen LogP) is 5.29. The monoisotopic (exact) mass is 279 g/mol. The van der Waals surface area contributed by atoms with Gasteiger partial charge in [-0.15, -0.1) is 0 Å². The van der Waals surface area contributed by atoms with Gasteiger partial charge in [0.05, 0.1) is 0 Å². The summed E-state index contributed by atoms with van der Waals surface area (Å²) in [6, 6.07) is 0. The van der Waals surface area contributed by atoms with E-state index < -0.39 is 0 Å². The molecule has 0 aliphatic carbocycles. The van der Waals surface area contributed by atoms with Crippen molar-refractivity contribution < 1.29 is 4.79 Å². The van der Waals surface area contributed by atoms with E-state index in [0.717, 1.165) is 19.3 Å². The number of primary amides is 1. The van der Waals surface area contributed by atoms with Crippen LogP contribution in [0.5, 0.6) is 0 Å². The zero-order chi connectivity index (χ0) is 14.9. The number of hydrogen-bond donors (Lipinski definition) is 1. The average molecular weight is 279 g/mol. The molecule has 0 aromatic carbocycles. The van der Waals surface area contributed by atoms with Crippen molar-refractivity contribution in [3.05, 3.63) is 24.3 Å². The lowest BCUT2D eigenvalue weighted by Gasteiger charge is -1.95. The Bertz CT molecular complexity index is 269. The minimum atomic E-state index is -0.184. The van der Waals surface area contributed by atoms with Crippen LogP contribution in [0.2, 0.25) is 0 Å². The fourth-order valence-corrected chi connectivity index (χ4v) is 2.07. The largest absolute Gasteiger partial charge is 0.370 e. The lowest BCUT2D eigenvalue weighted by Crippen LogP contribution is -2.09. The first kappa shape index (κ1) is 18.9. The van der Waals surface area contributed by atoms with Crippen LogP contribution >= 0.6 is 0 Å². The highest BCUT2D eigenvalue weighted by Gasteiger charge is 1.92. The van der Waals surface area contributed by atoms with E-state index >= 15 is 0 Å². The molecule has 2 heteroatoms. The Balaban J connectivity index is 3.17. The van der Waals surface area contributed by atoms with Crippen molar-refractivity contribution in [3.63, 3.8) is 0 Å². The number of unbranched alkanes of at least 4 members (excludes halogenated alkanes) is 8. The Morgan fingerprint density at radius 1 is 0.750 bits per heavy atom. The third kappa shape index (κ3) is 16.9. The number of nitrogens with two attached hydrogens (primary N) is 1. The van der Waals surface area contributed by atoms with Gasteiger partial charge in [-0.25, -0.2) is 0 Å². The number of amides is 1. The molecular weight excluding hydrogens is 246 g/mol. The Labute approximate surface area is 125 Å². The third-order valence-corrected chi connectivity index (χ3v) is 3.34. The fourth-order valence-electron chi connectivity index (χ4n) is 2.07. The van der Waals surface area contributed by atoms with Gasteiger partial charge in [0.25, 0.3) is 0 Å². The van der Waals surface area contributed by atoms with Crippen molar-refractivity contribution in [2.75, 3.05) is 0 Å². The molecule has 0 aliphatic rings. The summed E-state index contributed by atoms with van der Waals surface area (Å²) >= 11 is 0. The van der Waals surface area contributed by atoms with Gasteiger partial charge in [0.1, 0.15) is 0 Å². The van der Waals surface area contributed by atoms with Crippen molar-refractivity contribution >= 4 is 5.91 Å². The van der Waals surface area contributed by atoms with Crippen LogP contribution in [0.3, 0.4) is 0 Å². The second-order valence-electron chi connectivity index (χ2n) is 5.44. The summed E-state index contributed by atoms with van der Waals surface area (Å²) in [5.74, 6) is -0.184. The van der Waals surface area contributed by atoms with Gasteiger partial charge >= 0.3 is 0 Å². The smallest absolute Gasteiger partial charge is 0.217 e. The molecule has 0 saturated heterocycles. The molecule has 0 aromatic rings. The van der Waals surface area contributed by atoms with Gasteiger partial charge in [-0.1, -0.05) is 44.1 Å². The van der Waals surface area contributed by atoms with E-state index in [-0.39, 0.29) is 5.91 Å². The summed E-state index contributed by atoms with van der Waals surface area (Å²) in [5.41, 5.74) is 5.08. The molecule has 1 amide bonds. The maximum absolute atomic E-state index is 10.5. The van der Waals surface area contributed by atoms with Crippen LogP contribution in [-0.2, 0) is 4.79 Å². The highest BCUT2D eigenvalue weighted by Crippen LogP contribution is 2.06. The van der Waals surface area contributed by atoms with Gasteiger partial charge in [0, 0.05) is 6.42 Å². The van der Waals surface area contributed by atoms with E-state index in [9.17, 15) is 4.79 Å². The molecule has 2 nitrogen and oxygen atoms in total. The lowest BCUT2D eigenvalue weighted by atomic mass is 10.1. The molecule has 0 aliphatic heterocycles. The quantitative estimate of drug-likeness (QED) is 0.341. The summed E-state index contributed by atoms with van der Waals surface area (Å²) in [6.45, 7) is 2.25. The molecule has 20 heavy (non-hydrogen) atoms. The molecule has 0 radical (unpaired) electrons. The normalized spacial score (nSPS) is 11.7. The second-order valence-corrected chi connectivity index (χ2v) is 5.44. The average Bonchev–Trinajstić information content (AvgIpc) is 2.43. The van der Waals surface area contributed by atoms with E-state index in [2.05, 4.69) is 31.2 Å². The highest BCUT2D eigenvalue weighted by atomic mass is 16.1. The molecule has 0 heterocycles. The van der Waals surface area contributed by atoms with Crippen LogP contribution in [0, 0.1) is 0 Å². The van der Waals surface area contributed by atoms with E-state index in [1.165, 1.54) is 51.4 Å². The SMILES string of the molecule is CCCCCC=CCCCCC=CCCCCC(N)=O. The summed E-state index contributed by atoms with van der Waals surface area (Å²) in [6.07, 6.45) is 23.0. The van der Waals surface area contributed by atoms with Crippen LogP contribution < -0.4 is 5.73 Å². The maximum atomic E-state index is 10.5. The topological polar surface area (TPSA) is 43.1 Å². The molecule has 0 unspecified atom stereocenters. The van der Waals surface area contributed by atoms with Crippen LogP contribution in [0.1, 0.15) is 84.0 Å². The summed E-state index contributed by atoms with van der Waals surface area (Å²) < 4.78 is 0. The summed E-state index contributed by atoms with van der Waals surface area (Å²) in [7, 11) is 0. The van der Waals surface area contributed by atoms with Crippen LogP contribution in [-0.4, -0.2) is 5.91 Å². The number of allylic oxidation sites excluding steroid dienone is 4. The van der Waals surface area contributed by atoms with Gasteiger partial charge < -0.3 is 5.73 Å². The summed E-state index contributed by atoms with van der Waals surface area (Å²) in [4.78, 5) is 10.5. The Morgan fingerprint density at radius 3 is 1.55 bits per heavy atom. The molecule has 2 N–H and O–H groups in total. The van der Waals surface area contributed by atoms with Crippen molar-refractivity contribution in [2.24, 2.45) is 5.73 Å². The number of carbonyl (C=O) groups excluding carboxylic acids is 1. The van der Waals surface area contributed by atoms with Crippen molar-refractivity contribution in [2.45, 2.75) is 84.0 Å². The van der Waals surface area contributed by atoms with Crippen LogP contribution in [0.15, 0.2) is 24.3 Å². The molecule has 0 saturated carbocycles. The van der Waals surface area contributed by atoms with Gasteiger partial charge in [-0.05, 0) is 57.8 Å². The van der Waals surface area contributed by atoms with E-state index in [0.29, 0.717) is 6.42 Å². The highest BCUT2D eigenvalue weighted by molar-refractivity contribution is 5.73. The first-order chi connectivity index (χ1) is 9.77. The molecule has 0 aromatic heterocycles. The van der Waals surface area contributed by atoms with E-state index in [1.807, 2.05) is 0 Å². The van der Waals surface area contributed by atoms with Crippen LogP contribution in [0.25, 0.3) is 0 Å². The van der Waals surface area contributed by atoms with Crippen molar-refractivity contribution in [1.29, 1.82) is 0 Å². The van der Waals surface area contributed by atoms with Gasteiger partial charge in [-0.2, -0.15) is 0 Å². The van der Waals surface area contributed by atoms with Crippen molar-refractivity contribution in [1.82, 2.24) is 0 Å². The van der Waals surface area contributed by atoms with E-state index in [1.54, 1.807) is 0 Å². The summed E-state index contributed by atoms with van der Waals surface area (Å²) in [5, 5.41) is 0. The first-order valence-electron chi connectivity index (χ1n) is 8.35. The van der Waals surface area contributed by atoms with Crippen LogP contribution in [0.4, 0.5) is 0 Å². The van der Waals surface area contributed by atoms with Gasteiger partial charge in [0.2, 0.25) is 5.91 Å². The first-order valence-corrected chi connectivity index (χ1v) is 8.35. The second kappa shape index (κ2) is 16.0. The zero-order valence-electron chi connectivity index (χ0n) is 13.3. The van der Waals surface area contributed by atoms with E-state index in [4.69, 9.17) is 5.73 Å². The minimum absolute atomic E-state index is 0.184.